The standard InChI is InChI=1S/C21H28N4O3S/c1-15-13-25-19(27)16(12-22-20(25)29-15)18(26)24-10-11-28-21(14-24)7-3-2-6-17(21)23-8-4-5-9-23/h12-13,17H,2-11,14H2,1H3/t17-,21-/m1/s1. The SMILES string of the molecule is Cc1cn2c(=O)c(C(=O)N3CCO[C@]4(CCCC[C@H]4N4CCCC4)C3)cnc2s1. The van der Waals surface area contributed by atoms with E-state index < -0.39 is 0 Å². The fourth-order valence-electron chi connectivity index (χ4n) is 5.41. The highest BCUT2D eigenvalue weighted by molar-refractivity contribution is 7.16. The third-order valence-electron chi connectivity index (χ3n) is 6.77. The molecule has 0 radical (unpaired) electrons. The zero-order valence-electron chi connectivity index (χ0n) is 16.9. The minimum absolute atomic E-state index is 0.158. The second kappa shape index (κ2) is 7.49. The molecule has 1 spiro atoms. The van der Waals surface area contributed by atoms with Gasteiger partial charge in [-0.2, -0.15) is 0 Å². The van der Waals surface area contributed by atoms with E-state index in [0.717, 1.165) is 37.2 Å². The molecule has 2 aromatic heterocycles. The maximum absolute atomic E-state index is 13.3. The highest BCUT2D eigenvalue weighted by atomic mass is 32.1. The second-order valence-electron chi connectivity index (χ2n) is 8.62. The molecule has 0 unspecified atom stereocenters. The molecule has 29 heavy (non-hydrogen) atoms. The van der Waals surface area contributed by atoms with E-state index in [-0.39, 0.29) is 22.6 Å². The zero-order chi connectivity index (χ0) is 20.0. The number of hydrogen-bond donors (Lipinski definition) is 0. The van der Waals surface area contributed by atoms with E-state index in [1.54, 1.807) is 6.20 Å². The molecule has 7 nitrogen and oxygen atoms in total. The van der Waals surface area contributed by atoms with Gasteiger partial charge in [-0.3, -0.25) is 18.9 Å². The first-order valence-electron chi connectivity index (χ1n) is 10.7. The lowest BCUT2D eigenvalue weighted by molar-refractivity contribution is -0.156. The summed E-state index contributed by atoms with van der Waals surface area (Å²) in [6.07, 6.45) is 10.2. The number of aromatic nitrogens is 2. The molecular weight excluding hydrogens is 388 g/mol. The van der Waals surface area contributed by atoms with Gasteiger partial charge in [-0.25, -0.2) is 4.98 Å². The average Bonchev–Trinajstić information content (AvgIpc) is 3.38. The van der Waals surface area contributed by atoms with Crippen LogP contribution in [0.1, 0.15) is 53.8 Å². The summed E-state index contributed by atoms with van der Waals surface area (Å²) in [4.78, 5) is 36.6. The number of morpholine rings is 1. The Morgan fingerprint density at radius 1 is 1.24 bits per heavy atom. The Morgan fingerprint density at radius 3 is 2.90 bits per heavy atom. The molecule has 5 rings (SSSR count). The van der Waals surface area contributed by atoms with Crippen molar-refractivity contribution in [2.24, 2.45) is 0 Å². The summed E-state index contributed by atoms with van der Waals surface area (Å²) in [6.45, 7) is 5.82. The van der Waals surface area contributed by atoms with Gasteiger partial charge in [0.25, 0.3) is 11.5 Å². The molecule has 2 saturated heterocycles. The molecule has 156 valence electrons. The smallest absolute Gasteiger partial charge is 0.271 e. The predicted molar refractivity (Wildman–Crippen MR) is 112 cm³/mol. The van der Waals surface area contributed by atoms with Crippen LogP contribution < -0.4 is 5.56 Å². The number of ether oxygens (including phenoxy) is 1. The second-order valence-corrected chi connectivity index (χ2v) is 9.83. The number of aryl methyl sites for hydroxylation is 1. The zero-order valence-corrected chi connectivity index (χ0v) is 17.7. The van der Waals surface area contributed by atoms with Gasteiger partial charge in [0.05, 0.1) is 13.2 Å². The highest BCUT2D eigenvalue weighted by Crippen LogP contribution is 2.39. The van der Waals surface area contributed by atoms with Crippen molar-refractivity contribution in [2.75, 3.05) is 32.8 Å². The molecule has 0 aromatic carbocycles. The molecule has 2 atom stereocenters. The number of rotatable bonds is 2. The lowest BCUT2D eigenvalue weighted by Gasteiger charge is -2.52. The van der Waals surface area contributed by atoms with Crippen LogP contribution in [0, 0.1) is 6.92 Å². The van der Waals surface area contributed by atoms with Gasteiger partial charge in [-0.1, -0.05) is 12.8 Å². The van der Waals surface area contributed by atoms with Crippen molar-refractivity contribution in [1.29, 1.82) is 0 Å². The molecule has 1 saturated carbocycles. The summed E-state index contributed by atoms with van der Waals surface area (Å²) in [5.41, 5.74) is -0.418. The van der Waals surface area contributed by atoms with Crippen LogP contribution in [0.15, 0.2) is 17.2 Å². The monoisotopic (exact) mass is 416 g/mol. The largest absolute Gasteiger partial charge is 0.370 e. The van der Waals surface area contributed by atoms with Crippen LogP contribution >= 0.6 is 11.3 Å². The maximum Gasteiger partial charge on any atom is 0.271 e. The summed E-state index contributed by atoms with van der Waals surface area (Å²) in [5, 5.41) is 0. The average molecular weight is 417 g/mol. The summed E-state index contributed by atoms with van der Waals surface area (Å²) in [6, 6.07) is 0.371. The van der Waals surface area contributed by atoms with Crippen LogP contribution in [0.25, 0.3) is 4.96 Å². The first-order valence-corrected chi connectivity index (χ1v) is 11.5. The normalized spacial score (nSPS) is 28.4. The number of thiazole rings is 1. The quantitative estimate of drug-likeness (QED) is 0.752. The lowest BCUT2D eigenvalue weighted by Crippen LogP contribution is -2.64. The van der Waals surface area contributed by atoms with Crippen LogP contribution in [0.3, 0.4) is 0 Å². The van der Waals surface area contributed by atoms with Crippen molar-refractivity contribution < 1.29 is 9.53 Å². The summed E-state index contributed by atoms with van der Waals surface area (Å²) < 4.78 is 7.92. The minimum Gasteiger partial charge on any atom is -0.370 e. The van der Waals surface area contributed by atoms with E-state index in [9.17, 15) is 9.59 Å². The first kappa shape index (κ1) is 19.2. The van der Waals surface area contributed by atoms with Gasteiger partial charge in [0.15, 0.2) is 4.96 Å². The van der Waals surface area contributed by atoms with Crippen LogP contribution in [0.2, 0.25) is 0 Å². The number of nitrogens with zero attached hydrogens (tertiary/aromatic N) is 4. The van der Waals surface area contributed by atoms with Gasteiger partial charge < -0.3 is 9.64 Å². The Bertz CT molecular complexity index is 976. The van der Waals surface area contributed by atoms with Crippen molar-refractivity contribution >= 4 is 22.2 Å². The number of carbonyl (C=O) groups excluding carboxylic acids is 1. The predicted octanol–water partition coefficient (Wildman–Crippen LogP) is 2.31. The van der Waals surface area contributed by atoms with Gasteiger partial charge in [0.1, 0.15) is 11.2 Å². The number of likely N-dealkylation sites (tertiary alicyclic amines) is 1. The summed E-state index contributed by atoms with van der Waals surface area (Å²) in [5.74, 6) is -0.214. The Hall–Kier alpha value is -1.77. The van der Waals surface area contributed by atoms with Gasteiger partial charge in [0.2, 0.25) is 0 Å². The van der Waals surface area contributed by atoms with E-state index in [0.29, 0.717) is 30.7 Å². The molecule has 2 aliphatic heterocycles. The number of hydrogen-bond acceptors (Lipinski definition) is 6. The van der Waals surface area contributed by atoms with Gasteiger partial charge in [-0.05, 0) is 45.7 Å². The van der Waals surface area contributed by atoms with Crippen LogP contribution in [0.5, 0.6) is 0 Å². The Labute approximate surface area is 174 Å². The molecule has 4 heterocycles. The van der Waals surface area contributed by atoms with E-state index in [4.69, 9.17) is 4.74 Å². The number of amides is 1. The molecule has 2 aromatic rings. The minimum atomic E-state index is -0.302. The number of carbonyl (C=O) groups is 1. The Kier molecular flexibility index (Phi) is 4.96. The van der Waals surface area contributed by atoms with E-state index in [1.807, 2.05) is 11.8 Å². The fraction of sp³-hybridized carbons (Fsp3) is 0.667. The van der Waals surface area contributed by atoms with Gasteiger partial charge in [0, 0.05) is 29.9 Å². The third kappa shape index (κ3) is 3.31. The van der Waals surface area contributed by atoms with E-state index in [1.165, 1.54) is 41.2 Å². The molecule has 1 amide bonds. The molecule has 8 heteroatoms. The van der Waals surface area contributed by atoms with Crippen molar-refractivity contribution in [3.05, 3.63) is 33.2 Å². The maximum atomic E-state index is 13.3. The topological polar surface area (TPSA) is 67.2 Å². The van der Waals surface area contributed by atoms with Gasteiger partial charge >= 0.3 is 0 Å². The molecule has 1 aliphatic carbocycles. The molecule has 0 bridgehead atoms. The Balaban J connectivity index is 1.43. The van der Waals surface area contributed by atoms with Crippen molar-refractivity contribution in [3.8, 4) is 0 Å². The van der Waals surface area contributed by atoms with E-state index >= 15 is 0 Å². The summed E-state index contributed by atoms with van der Waals surface area (Å²) in [7, 11) is 0. The summed E-state index contributed by atoms with van der Waals surface area (Å²) >= 11 is 1.46. The van der Waals surface area contributed by atoms with Crippen LogP contribution in [-0.4, -0.2) is 69.5 Å². The Morgan fingerprint density at radius 2 is 2.07 bits per heavy atom. The van der Waals surface area contributed by atoms with Crippen LogP contribution in [-0.2, 0) is 4.74 Å². The van der Waals surface area contributed by atoms with Crippen molar-refractivity contribution in [1.82, 2.24) is 19.2 Å². The molecule has 3 fully saturated rings. The fourth-order valence-corrected chi connectivity index (χ4v) is 6.19. The van der Waals surface area contributed by atoms with Crippen LogP contribution in [0.4, 0.5) is 0 Å². The number of fused-ring (bicyclic) bond motifs is 1. The third-order valence-corrected chi connectivity index (χ3v) is 7.68. The van der Waals surface area contributed by atoms with E-state index in [2.05, 4.69) is 9.88 Å². The molecule has 0 N–H and O–H groups in total. The molecule has 3 aliphatic rings. The van der Waals surface area contributed by atoms with Crippen molar-refractivity contribution in [2.45, 2.75) is 57.1 Å². The first-order chi connectivity index (χ1) is 14.1. The highest BCUT2D eigenvalue weighted by Gasteiger charge is 2.49. The lowest BCUT2D eigenvalue weighted by atomic mass is 9.78. The van der Waals surface area contributed by atoms with Gasteiger partial charge in [-0.15, -0.1) is 11.3 Å². The molecular formula is C21H28N4O3S. The van der Waals surface area contributed by atoms with Crippen molar-refractivity contribution in [3.63, 3.8) is 0 Å².